The van der Waals surface area contributed by atoms with E-state index in [-0.39, 0.29) is 30.1 Å². The van der Waals surface area contributed by atoms with Crippen molar-refractivity contribution in [2.45, 2.75) is 44.9 Å². The fourth-order valence-electron chi connectivity index (χ4n) is 3.12. The zero-order valence-electron chi connectivity index (χ0n) is 14.7. The van der Waals surface area contributed by atoms with E-state index in [4.69, 9.17) is 5.73 Å². The molecule has 1 aromatic heterocycles. The van der Waals surface area contributed by atoms with Crippen LogP contribution in [0.3, 0.4) is 0 Å². The first kappa shape index (κ1) is 21.9. The molecule has 0 aromatic carbocycles. The fourth-order valence-corrected chi connectivity index (χ4v) is 3.87. The number of rotatable bonds is 9. The van der Waals surface area contributed by atoms with Crippen LogP contribution in [0.15, 0.2) is 17.5 Å². The van der Waals surface area contributed by atoms with Crippen LogP contribution in [-0.4, -0.2) is 42.9 Å². The SMILES string of the molecule is Cl.NCCNC(=O)C1CCCN(C(=O)CCCCCc2cccs2)C1. The summed E-state index contributed by atoms with van der Waals surface area (Å²) in [5.41, 5.74) is 5.41. The number of unbranched alkanes of at least 4 members (excludes halogenated alkanes) is 2. The summed E-state index contributed by atoms with van der Waals surface area (Å²) < 4.78 is 0. The molecule has 1 atom stereocenters. The summed E-state index contributed by atoms with van der Waals surface area (Å²) in [5, 5.41) is 4.94. The van der Waals surface area contributed by atoms with Gasteiger partial charge in [0, 0.05) is 37.5 Å². The van der Waals surface area contributed by atoms with Crippen molar-refractivity contribution in [1.29, 1.82) is 0 Å². The molecular weight excluding hydrogens is 358 g/mol. The van der Waals surface area contributed by atoms with Gasteiger partial charge in [-0.05, 0) is 43.6 Å². The molecule has 25 heavy (non-hydrogen) atoms. The van der Waals surface area contributed by atoms with Gasteiger partial charge in [-0.3, -0.25) is 9.59 Å². The molecule has 1 unspecified atom stereocenters. The van der Waals surface area contributed by atoms with Gasteiger partial charge in [0.1, 0.15) is 0 Å². The van der Waals surface area contributed by atoms with Crippen molar-refractivity contribution in [2.24, 2.45) is 11.7 Å². The summed E-state index contributed by atoms with van der Waals surface area (Å²) in [5.74, 6) is 0.157. The van der Waals surface area contributed by atoms with Gasteiger partial charge in [-0.1, -0.05) is 12.5 Å². The lowest BCUT2D eigenvalue weighted by Crippen LogP contribution is -2.46. The van der Waals surface area contributed by atoms with Crippen molar-refractivity contribution in [3.63, 3.8) is 0 Å². The molecule has 1 aromatic rings. The predicted molar refractivity (Wildman–Crippen MR) is 105 cm³/mol. The van der Waals surface area contributed by atoms with E-state index in [0.29, 0.717) is 26.1 Å². The number of hydrogen-bond donors (Lipinski definition) is 2. The maximum atomic E-state index is 12.3. The minimum absolute atomic E-state index is 0. The topological polar surface area (TPSA) is 75.4 Å². The molecule has 0 aliphatic carbocycles. The van der Waals surface area contributed by atoms with E-state index in [9.17, 15) is 9.59 Å². The number of nitrogens with one attached hydrogen (secondary N) is 1. The van der Waals surface area contributed by atoms with Crippen molar-refractivity contribution >= 4 is 35.6 Å². The third-order valence-corrected chi connectivity index (χ3v) is 5.42. The van der Waals surface area contributed by atoms with E-state index in [0.717, 1.165) is 45.1 Å². The summed E-state index contributed by atoms with van der Waals surface area (Å²) in [6.07, 6.45) is 6.63. The largest absolute Gasteiger partial charge is 0.355 e. The molecule has 1 aliphatic heterocycles. The second-order valence-electron chi connectivity index (χ2n) is 6.40. The number of carbonyl (C=O) groups is 2. The lowest BCUT2D eigenvalue weighted by Gasteiger charge is -2.32. The van der Waals surface area contributed by atoms with Crippen LogP contribution in [0.5, 0.6) is 0 Å². The van der Waals surface area contributed by atoms with Gasteiger partial charge in [-0.25, -0.2) is 0 Å². The van der Waals surface area contributed by atoms with Crippen LogP contribution in [0.25, 0.3) is 0 Å². The minimum atomic E-state index is -0.0759. The Morgan fingerprint density at radius 2 is 2.16 bits per heavy atom. The van der Waals surface area contributed by atoms with Gasteiger partial charge in [0.2, 0.25) is 11.8 Å². The Kier molecular flexibility index (Phi) is 10.8. The van der Waals surface area contributed by atoms with Gasteiger partial charge >= 0.3 is 0 Å². The quantitative estimate of drug-likeness (QED) is 0.639. The zero-order valence-corrected chi connectivity index (χ0v) is 16.4. The normalized spacial score (nSPS) is 17.0. The van der Waals surface area contributed by atoms with Crippen molar-refractivity contribution in [3.05, 3.63) is 22.4 Å². The number of hydrogen-bond acceptors (Lipinski definition) is 4. The Balaban J connectivity index is 0.00000312. The Bertz CT molecular complexity index is 510. The van der Waals surface area contributed by atoms with Gasteiger partial charge in [0.25, 0.3) is 0 Å². The van der Waals surface area contributed by atoms with Crippen molar-refractivity contribution in [1.82, 2.24) is 10.2 Å². The highest BCUT2D eigenvalue weighted by Crippen LogP contribution is 2.19. The number of carbonyl (C=O) groups excluding carboxylic acids is 2. The molecule has 142 valence electrons. The molecule has 0 bridgehead atoms. The van der Waals surface area contributed by atoms with Gasteiger partial charge in [0.05, 0.1) is 5.92 Å². The summed E-state index contributed by atoms with van der Waals surface area (Å²) in [6.45, 7) is 2.30. The van der Waals surface area contributed by atoms with Crippen LogP contribution in [0.4, 0.5) is 0 Å². The van der Waals surface area contributed by atoms with E-state index < -0.39 is 0 Å². The van der Waals surface area contributed by atoms with Crippen LogP contribution in [0.1, 0.15) is 43.4 Å². The van der Waals surface area contributed by atoms with Crippen LogP contribution in [0, 0.1) is 5.92 Å². The van der Waals surface area contributed by atoms with E-state index in [2.05, 4.69) is 22.8 Å². The molecule has 2 heterocycles. The average Bonchev–Trinajstić information content (AvgIpc) is 3.12. The molecule has 1 fully saturated rings. The maximum absolute atomic E-state index is 12.3. The summed E-state index contributed by atoms with van der Waals surface area (Å²) in [6, 6.07) is 4.25. The maximum Gasteiger partial charge on any atom is 0.224 e. The predicted octanol–water partition coefficient (Wildman–Crippen LogP) is 2.59. The van der Waals surface area contributed by atoms with E-state index in [1.54, 1.807) is 11.3 Å². The summed E-state index contributed by atoms with van der Waals surface area (Å²) in [7, 11) is 0. The Morgan fingerprint density at radius 3 is 2.88 bits per heavy atom. The van der Waals surface area contributed by atoms with Crippen LogP contribution >= 0.6 is 23.7 Å². The number of amides is 2. The molecule has 1 saturated heterocycles. The molecule has 1 aliphatic rings. The molecule has 5 nitrogen and oxygen atoms in total. The van der Waals surface area contributed by atoms with Gasteiger partial charge in [-0.2, -0.15) is 0 Å². The zero-order chi connectivity index (χ0) is 17.2. The number of nitrogens with two attached hydrogens (primary N) is 1. The number of nitrogens with zero attached hydrogens (tertiary/aromatic N) is 1. The van der Waals surface area contributed by atoms with Crippen LogP contribution < -0.4 is 11.1 Å². The summed E-state index contributed by atoms with van der Waals surface area (Å²) in [4.78, 5) is 27.7. The molecule has 3 N–H and O–H groups in total. The highest BCUT2D eigenvalue weighted by molar-refractivity contribution is 7.09. The lowest BCUT2D eigenvalue weighted by molar-refractivity contribution is -0.135. The van der Waals surface area contributed by atoms with Crippen molar-refractivity contribution < 1.29 is 9.59 Å². The Hall–Kier alpha value is -1.11. The standard InChI is InChI=1S/C18H29N3O2S.ClH/c19-10-11-20-18(23)15-6-4-12-21(14-15)17(22)9-3-1-2-7-16-8-5-13-24-16;/h5,8,13,15H,1-4,6-7,9-12,14,19H2,(H,20,23);1H. The molecule has 0 saturated carbocycles. The minimum Gasteiger partial charge on any atom is -0.355 e. The van der Waals surface area contributed by atoms with Crippen molar-refractivity contribution in [3.8, 4) is 0 Å². The number of likely N-dealkylation sites (tertiary alicyclic amines) is 1. The smallest absolute Gasteiger partial charge is 0.224 e. The highest BCUT2D eigenvalue weighted by atomic mass is 35.5. The number of thiophene rings is 1. The lowest BCUT2D eigenvalue weighted by atomic mass is 9.96. The first-order chi connectivity index (χ1) is 11.7. The fraction of sp³-hybridized carbons (Fsp3) is 0.667. The second kappa shape index (κ2) is 12.3. The van der Waals surface area contributed by atoms with Gasteiger partial charge in [0.15, 0.2) is 0 Å². The average molecular weight is 388 g/mol. The first-order valence-corrected chi connectivity index (χ1v) is 9.86. The molecule has 0 radical (unpaired) electrons. The Labute approximate surface area is 160 Å². The van der Waals surface area contributed by atoms with E-state index >= 15 is 0 Å². The van der Waals surface area contributed by atoms with E-state index in [1.165, 1.54) is 4.88 Å². The van der Waals surface area contributed by atoms with Crippen LogP contribution in [-0.2, 0) is 16.0 Å². The third-order valence-electron chi connectivity index (χ3n) is 4.48. The number of aryl methyl sites for hydroxylation is 1. The van der Waals surface area contributed by atoms with Gasteiger partial charge in [-0.15, -0.1) is 23.7 Å². The molecule has 2 amide bonds. The second-order valence-corrected chi connectivity index (χ2v) is 7.43. The van der Waals surface area contributed by atoms with Crippen LogP contribution in [0.2, 0.25) is 0 Å². The van der Waals surface area contributed by atoms with Gasteiger partial charge < -0.3 is 16.0 Å². The summed E-state index contributed by atoms with van der Waals surface area (Å²) >= 11 is 1.80. The third kappa shape index (κ3) is 7.75. The highest BCUT2D eigenvalue weighted by Gasteiger charge is 2.27. The molecule has 7 heteroatoms. The Morgan fingerprint density at radius 1 is 1.32 bits per heavy atom. The van der Waals surface area contributed by atoms with E-state index in [1.807, 2.05) is 4.90 Å². The molecular formula is C18H30ClN3O2S. The molecule has 2 rings (SSSR count). The number of halogens is 1. The van der Waals surface area contributed by atoms with Crippen molar-refractivity contribution in [2.75, 3.05) is 26.2 Å². The number of piperidine rings is 1. The first-order valence-electron chi connectivity index (χ1n) is 8.98. The monoisotopic (exact) mass is 387 g/mol. The molecule has 0 spiro atoms.